The number of carbonyl (C=O) groups is 2. The van der Waals surface area contributed by atoms with Gasteiger partial charge in [-0.25, -0.2) is 18.0 Å². The first-order chi connectivity index (χ1) is 10.4. The number of nitrogens with one attached hydrogen (secondary N) is 1. The van der Waals surface area contributed by atoms with Crippen molar-refractivity contribution in [3.63, 3.8) is 0 Å². The topological polar surface area (TPSA) is 68.5 Å². The van der Waals surface area contributed by atoms with E-state index in [0.717, 1.165) is 6.07 Å². The van der Waals surface area contributed by atoms with Crippen molar-refractivity contribution in [2.24, 2.45) is 0 Å². The van der Waals surface area contributed by atoms with Crippen LogP contribution in [0.3, 0.4) is 0 Å². The van der Waals surface area contributed by atoms with E-state index >= 15 is 0 Å². The lowest BCUT2D eigenvalue weighted by molar-refractivity contribution is -0.123. The van der Waals surface area contributed by atoms with Crippen molar-refractivity contribution in [1.82, 2.24) is 0 Å². The molecule has 116 valence electrons. The zero-order valence-electron chi connectivity index (χ0n) is 11.2. The van der Waals surface area contributed by atoms with Crippen LogP contribution in [0.4, 0.5) is 18.9 Å². The zero-order valence-corrected chi connectivity index (χ0v) is 11.2. The standard InChI is InChI=1S/C14H10F3NO4/c1-7(22-14(20)10-3-2-6-21-10)13(19)18-9-5-4-8(15)11(16)12(9)17/h2-7H,1H3,(H,18,19). The molecular formula is C14H10F3NO4. The van der Waals surface area contributed by atoms with Crippen LogP contribution in [0.2, 0.25) is 0 Å². The second-order valence-corrected chi connectivity index (χ2v) is 4.24. The monoisotopic (exact) mass is 313 g/mol. The summed E-state index contributed by atoms with van der Waals surface area (Å²) in [5.41, 5.74) is -0.565. The van der Waals surface area contributed by atoms with E-state index in [0.29, 0.717) is 6.07 Å². The van der Waals surface area contributed by atoms with Gasteiger partial charge in [-0.3, -0.25) is 4.79 Å². The molecule has 1 atom stereocenters. The van der Waals surface area contributed by atoms with Crippen LogP contribution in [-0.2, 0) is 9.53 Å². The van der Waals surface area contributed by atoms with Crippen molar-refractivity contribution >= 4 is 17.6 Å². The van der Waals surface area contributed by atoms with Crippen molar-refractivity contribution in [2.45, 2.75) is 13.0 Å². The third-order valence-corrected chi connectivity index (χ3v) is 2.67. The largest absolute Gasteiger partial charge is 0.457 e. The average Bonchev–Trinajstić information content (AvgIpc) is 3.02. The molecule has 1 N–H and O–H groups in total. The van der Waals surface area contributed by atoms with E-state index in [-0.39, 0.29) is 5.76 Å². The number of anilines is 1. The highest BCUT2D eigenvalue weighted by Gasteiger charge is 2.22. The molecule has 0 fully saturated rings. The van der Waals surface area contributed by atoms with Gasteiger partial charge in [0.15, 0.2) is 23.6 Å². The van der Waals surface area contributed by atoms with E-state index < -0.39 is 41.1 Å². The number of esters is 1. The van der Waals surface area contributed by atoms with Crippen LogP contribution >= 0.6 is 0 Å². The molecule has 5 nitrogen and oxygen atoms in total. The molecule has 1 unspecified atom stereocenters. The van der Waals surface area contributed by atoms with Crippen LogP contribution in [0.1, 0.15) is 17.5 Å². The minimum atomic E-state index is -1.71. The van der Waals surface area contributed by atoms with E-state index in [9.17, 15) is 22.8 Å². The van der Waals surface area contributed by atoms with Crippen molar-refractivity contribution in [2.75, 3.05) is 5.32 Å². The normalized spacial score (nSPS) is 11.8. The third kappa shape index (κ3) is 3.27. The van der Waals surface area contributed by atoms with E-state index in [1.54, 1.807) is 0 Å². The maximum Gasteiger partial charge on any atom is 0.374 e. The molecule has 22 heavy (non-hydrogen) atoms. The van der Waals surface area contributed by atoms with Gasteiger partial charge in [-0.2, -0.15) is 0 Å². The molecule has 2 rings (SSSR count). The minimum absolute atomic E-state index is 0.112. The number of halogens is 3. The van der Waals surface area contributed by atoms with Crippen LogP contribution in [0.15, 0.2) is 34.9 Å². The van der Waals surface area contributed by atoms with Gasteiger partial charge >= 0.3 is 5.97 Å². The number of hydrogen-bond donors (Lipinski definition) is 1. The molecule has 1 heterocycles. The van der Waals surface area contributed by atoms with Crippen molar-refractivity contribution in [3.05, 3.63) is 53.7 Å². The third-order valence-electron chi connectivity index (χ3n) is 2.67. The Morgan fingerprint density at radius 3 is 2.55 bits per heavy atom. The molecule has 1 amide bonds. The van der Waals surface area contributed by atoms with Gasteiger partial charge in [0.25, 0.3) is 5.91 Å². The summed E-state index contributed by atoms with van der Waals surface area (Å²) in [7, 11) is 0. The van der Waals surface area contributed by atoms with Gasteiger partial charge in [0.05, 0.1) is 12.0 Å². The Morgan fingerprint density at radius 2 is 1.91 bits per heavy atom. The quantitative estimate of drug-likeness (QED) is 0.696. The Bertz CT molecular complexity index is 700. The summed E-state index contributed by atoms with van der Waals surface area (Å²) < 4.78 is 48.8. The number of hydrogen-bond acceptors (Lipinski definition) is 4. The Morgan fingerprint density at radius 1 is 1.18 bits per heavy atom. The maximum atomic E-state index is 13.4. The summed E-state index contributed by atoms with van der Waals surface area (Å²) in [6, 6.07) is 4.31. The summed E-state index contributed by atoms with van der Waals surface area (Å²) in [5, 5.41) is 2.00. The highest BCUT2D eigenvalue weighted by Crippen LogP contribution is 2.20. The van der Waals surface area contributed by atoms with Crippen molar-refractivity contribution in [3.8, 4) is 0 Å². The molecule has 0 bridgehead atoms. The Labute approximate surface area is 122 Å². The first-order valence-corrected chi connectivity index (χ1v) is 6.09. The number of amides is 1. The van der Waals surface area contributed by atoms with Gasteiger partial charge in [0, 0.05) is 0 Å². The lowest BCUT2D eigenvalue weighted by Crippen LogP contribution is -2.30. The lowest BCUT2D eigenvalue weighted by atomic mass is 10.2. The van der Waals surface area contributed by atoms with Gasteiger partial charge < -0.3 is 14.5 Å². The summed E-state index contributed by atoms with van der Waals surface area (Å²) >= 11 is 0. The van der Waals surface area contributed by atoms with Crippen LogP contribution in [0, 0.1) is 17.5 Å². The first kappa shape index (κ1) is 15.6. The van der Waals surface area contributed by atoms with Crippen LogP contribution < -0.4 is 5.32 Å². The Kier molecular flexibility index (Phi) is 4.50. The molecule has 1 aromatic heterocycles. The molecule has 1 aromatic carbocycles. The first-order valence-electron chi connectivity index (χ1n) is 6.09. The van der Waals surface area contributed by atoms with Gasteiger partial charge in [0.2, 0.25) is 5.76 Å². The Hall–Kier alpha value is -2.77. The number of ether oxygens (including phenoxy) is 1. The predicted molar refractivity (Wildman–Crippen MR) is 68.5 cm³/mol. The van der Waals surface area contributed by atoms with E-state index in [1.807, 2.05) is 5.32 Å². The zero-order chi connectivity index (χ0) is 16.3. The summed E-state index contributed by atoms with van der Waals surface area (Å²) in [4.78, 5) is 23.3. The highest BCUT2D eigenvalue weighted by atomic mass is 19.2. The molecule has 0 aliphatic carbocycles. The van der Waals surface area contributed by atoms with Gasteiger partial charge in [-0.05, 0) is 31.2 Å². The van der Waals surface area contributed by atoms with E-state index in [4.69, 9.17) is 9.15 Å². The van der Waals surface area contributed by atoms with Crippen molar-refractivity contribution in [1.29, 1.82) is 0 Å². The molecular weight excluding hydrogens is 303 g/mol. The fourth-order valence-electron chi connectivity index (χ4n) is 1.52. The molecule has 8 heteroatoms. The maximum absolute atomic E-state index is 13.4. The SMILES string of the molecule is CC(OC(=O)c1ccco1)C(=O)Nc1ccc(F)c(F)c1F. The fourth-order valence-corrected chi connectivity index (χ4v) is 1.52. The smallest absolute Gasteiger partial charge is 0.374 e. The second-order valence-electron chi connectivity index (χ2n) is 4.24. The molecule has 0 saturated carbocycles. The minimum Gasteiger partial charge on any atom is -0.457 e. The van der Waals surface area contributed by atoms with Crippen LogP contribution in [0.5, 0.6) is 0 Å². The summed E-state index contributed by atoms with van der Waals surface area (Å²) in [5.74, 6) is -6.55. The molecule has 0 aliphatic rings. The fraction of sp³-hybridized carbons (Fsp3) is 0.143. The van der Waals surface area contributed by atoms with Crippen LogP contribution in [-0.4, -0.2) is 18.0 Å². The number of furan rings is 1. The number of carbonyl (C=O) groups excluding carboxylic acids is 2. The Balaban J connectivity index is 2.03. The molecule has 0 saturated heterocycles. The van der Waals surface area contributed by atoms with Crippen molar-refractivity contribution < 1.29 is 31.9 Å². The van der Waals surface area contributed by atoms with E-state index in [2.05, 4.69) is 0 Å². The van der Waals surface area contributed by atoms with Gasteiger partial charge in [-0.15, -0.1) is 0 Å². The highest BCUT2D eigenvalue weighted by molar-refractivity contribution is 5.96. The lowest BCUT2D eigenvalue weighted by Gasteiger charge is -2.13. The molecule has 0 aliphatic heterocycles. The van der Waals surface area contributed by atoms with E-state index in [1.165, 1.54) is 25.3 Å². The average molecular weight is 313 g/mol. The summed E-state index contributed by atoms with van der Waals surface area (Å²) in [6.07, 6.45) is -0.0528. The molecule has 0 radical (unpaired) electrons. The second kappa shape index (κ2) is 6.33. The van der Waals surface area contributed by atoms with Crippen LogP contribution in [0.25, 0.3) is 0 Å². The summed E-state index contributed by atoms with van der Waals surface area (Å²) in [6.45, 7) is 1.23. The molecule has 2 aromatic rings. The number of benzene rings is 1. The van der Waals surface area contributed by atoms with Gasteiger partial charge in [0.1, 0.15) is 0 Å². The molecule has 0 spiro atoms. The van der Waals surface area contributed by atoms with Gasteiger partial charge in [-0.1, -0.05) is 0 Å². The predicted octanol–water partition coefficient (Wildman–Crippen LogP) is 2.88. The number of rotatable bonds is 4.